The third-order valence-corrected chi connectivity index (χ3v) is 3.28. The van der Waals surface area contributed by atoms with E-state index in [0.717, 1.165) is 10.9 Å². The summed E-state index contributed by atoms with van der Waals surface area (Å²) in [4.78, 5) is 12.1. The zero-order valence-corrected chi connectivity index (χ0v) is 13.0. The molecule has 4 nitrogen and oxygen atoms in total. The van der Waals surface area contributed by atoms with Gasteiger partial charge in [-0.3, -0.25) is 4.79 Å². The minimum absolute atomic E-state index is 0.0172. The van der Waals surface area contributed by atoms with E-state index in [0.29, 0.717) is 11.4 Å². The number of nitriles is 1. The smallest absolute Gasteiger partial charge is 0.266 e. The minimum Gasteiger partial charge on any atom is -0.464 e. The Morgan fingerprint density at radius 1 is 1.43 bits per heavy atom. The van der Waals surface area contributed by atoms with Crippen LogP contribution in [0.4, 0.5) is 5.69 Å². The topological polar surface area (TPSA) is 66.0 Å². The molecule has 0 aliphatic carbocycles. The highest BCUT2D eigenvalue weighted by atomic mass is 79.9. The first kappa shape index (κ1) is 15.1. The predicted octanol–water partition coefficient (Wildman–Crippen LogP) is 4.15. The molecule has 0 radical (unpaired) electrons. The molecule has 0 aliphatic heterocycles. The lowest BCUT2D eigenvalue weighted by atomic mass is 10.1. The third-order valence-electron chi connectivity index (χ3n) is 2.86. The van der Waals surface area contributed by atoms with Crippen LogP contribution in [0.3, 0.4) is 0 Å². The maximum absolute atomic E-state index is 12.1. The summed E-state index contributed by atoms with van der Waals surface area (Å²) in [6.45, 7) is 2.06. The van der Waals surface area contributed by atoms with Crippen LogP contribution >= 0.6 is 15.9 Å². The summed E-state index contributed by atoms with van der Waals surface area (Å²) < 4.78 is 5.92. The molecular weight excluding hydrogens is 332 g/mol. The Labute approximate surface area is 131 Å². The molecule has 0 atom stereocenters. The van der Waals surface area contributed by atoms with Crippen LogP contribution in [-0.2, 0) is 11.2 Å². The van der Waals surface area contributed by atoms with E-state index in [1.807, 2.05) is 30.3 Å². The van der Waals surface area contributed by atoms with Gasteiger partial charge in [-0.05, 0) is 46.1 Å². The number of aryl methyl sites for hydroxylation is 1. The Balaban J connectivity index is 2.13. The van der Waals surface area contributed by atoms with Crippen molar-refractivity contribution in [2.24, 2.45) is 0 Å². The summed E-state index contributed by atoms with van der Waals surface area (Å²) in [5, 5.41) is 11.8. The van der Waals surface area contributed by atoms with E-state index in [1.165, 1.54) is 17.9 Å². The summed E-state index contributed by atoms with van der Waals surface area (Å²) in [6, 6.07) is 11.1. The van der Waals surface area contributed by atoms with Gasteiger partial charge in [-0.2, -0.15) is 5.26 Å². The number of carbonyl (C=O) groups is 1. The van der Waals surface area contributed by atoms with Crippen LogP contribution in [0.15, 0.2) is 51.1 Å². The molecule has 0 fully saturated rings. The fraction of sp³-hybridized carbons (Fsp3) is 0.125. The molecule has 0 saturated carbocycles. The maximum atomic E-state index is 12.1. The Hall–Kier alpha value is -2.32. The van der Waals surface area contributed by atoms with Crippen molar-refractivity contribution < 1.29 is 9.21 Å². The summed E-state index contributed by atoms with van der Waals surface area (Å²) in [7, 11) is 0. The van der Waals surface area contributed by atoms with Crippen LogP contribution in [0.1, 0.15) is 18.2 Å². The molecule has 5 heteroatoms. The predicted molar refractivity (Wildman–Crippen MR) is 84.4 cm³/mol. The van der Waals surface area contributed by atoms with E-state index < -0.39 is 5.91 Å². The number of rotatable bonds is 4. The second-order valence-electron chi connectivity index (χ2n) is 4.34. The second-order valence-corrected chi connectivity index (χ2v) is 5.26. The average Bonchev–Trinajstić information content (AvgIpc) is 2.90. The number of nitrogens with zero attached hydrogens (tertiary/aromatic N) is 1. The Bertz CT molecular complexity index is 709. The summed E-state index contributed by atoms with van der Waals surface area (Å²) in [6.07, 6.45) is 3.83. The number of hydrogen-bond donors (Lipinski definition) is 1. The first-order chi connectivity index (χ1) is 10.1. The molecule has 1 amide bonds. The molecule has 1 aromatic heterocycles. The molecule has 0 aliphatic rings. The van der Waals surface area contributed by atoms with Gasteiger partial charge in [0.05, 0.1) is 4.47 Å². The van der Waals surface area contributed by atoms with Crippen LogP contribution in [0.5, 0.6) is 0 Å². The van der Waals surface area contributed by atoms with Crippen molar-refractivity contribution in [2.75, 3.05) is 5.32 Å². The van der Waals surface area contributed by atoms with Gasteiger partial charge in [0.25, 0.3) is 5.91 Å². The van der Waals surface area contributed by atoms with Crippen molar-refractivity contribution in [1.82, 2.24) is 0 Å². The molecule has 106 valence electrons. The average molecular weight is 345 g/mol. The zero-order valence-electron chi connectivity index (χ0n) is 11.4. The maximum Gasteiger partial charge on any atom is 0.266 e. The van der Waals surface area contributed by atoms with Gasteiger partial charge in [-0.15, -0.1) is 0 Å². The van der Waals surface area contributed by atoms with Gasteiger partial charge >= 0.3 is 0 Å². The molecule has 1 heterocycles. The van der Waals surface area contributed by atoms with Crippen LogP contribution in [0.2, 0.25) is 0 Å². The molecule has 21 heavy (non-hydrogen) atoms. The molecule has 0 saturated heterocycles. The number of hydrogen-bond acceptors (Lipinski definition) is 3. The molecule has 2 rings (SSSR count). The Morgan fingerprint density at radius 2 is 2.14 bits per heavy atom. The first-order valence-electron chi connectivity index (χ1n) is 6.38. The van der Waals surface area contributed by atoms with Crippen molar-refractivity contribution in [1.29, 1.82) is 5.26 Å². The first-order valence-corrected chi connectivity index (χ1v) is 7.17. The van der Waals surface area contributed by atoms with Crippen molar-refractivity contribution in [3.8, 4) is 6.07 Å². The highest BCUT2D eigenvalue weighted by molar-refractivity contribution is 9.10. The highest BCUT2D eigenvalue weighted by Gasteiger charge is 2.10. The third kappa shape index (κ3) is 4.07. The van der Waals surface area contributed by atoms with Crippen LogP contribution < -0.4 is 5.32 Å². The number of amides is 1. The quantitative estimate of drug-likeness (QED) is 0.669. The van der Waals surface area contributed by atoms with Crippen molar-refractivity contribution in [3.05, 3.63) is 58.0 Å². The Kier molecular flexibility index (Phi) is 4.96. The van der Waals surface area contributed by atoms with Gasteiger partial charge in [-0.25, -0.2) is 0 Å². The lowest BCUT2D eigenvalue weighted by molar-refractivity contribution is -0.112. The van der Waals surface area contributed by atoms with Crippen molar-refractivity contribution >= 4 is 33.6 Å². The van der Waals surface area contributed by atoms with Gasteiger partial charge in [0.15, 0.2) is 0 Å². The molecule has 0 spiro atoms. The molecule has 2 aromatic rings. The number of carbonyl (C=O) groups excluding carboxylic acids is 1. The monoisotopic (exact) mass is 344 g/mol. The van der Waals surface area contributed by atoms with Gasteiger partial charge in [0.1, 0.15) is 23.7 Å². The normalized spacial score (nSPS) is 11.0. The second kappa shape index (κ2) is 6.91. The molecule has 1 aromatic carbocycles. The van der Waals surface area contributed by atoms with Crippen LogP contribution in [0.25, 0.3) is 6.08 Å². The Morgan fingerprint density at radius 3 is 2.67 bits per heavy atom. The molecule has 0 bridgehead atoms. The number of halogens is 1. The standard InChI is InChI=1S/C16H13BrN2O2/c1-2-11-3-5-14(6-4-11)19-16(20)12(9-18)7-15-8-13(17)10-21-15/h3-8,10H,2H2,1H3,(H,19,20)/b12-7+. The summed E-state index contributed by atoms with van der Waals surface area (Å²) >= 11 is 3.24. The van der Waals surface area contributed by atoms with Crippen LogP contribution in [-0.4, -0.2) is 5.91 Å². The van der Waals surface area contributed by atoms with E-state index in [9.17, 15) is 4.79 Å². The van der Waals surface area contributed by atoms with Crippen LogP contribution in [0, 0.1) is 11.3 Å². The van der Waals surface area contributed by atoms with E-state index in [-0.39, 0.29) is 5.57 Å². The lowest BCUT2D eigenvalue weighted by Gasteiger charge is -2.04. The van der Waals surface area contributed by atoms with Gasteiger partial charge in [-0.1, -0.05) is 19.1 Å². The fourth-order valence-electron chi connectivity index (χ4n) is 1.72. The van der Waals surface area contributed by atoms with Gasteiger partial charge in [0.2, 0.25) is 0 Å². The fourth-order valence-corrected chi connectivity index (χ4v) is 2.04. The van der Waals surface area contributed by atoms with Crippen molar-refractivity contribution in [2.45, 2.75) is 13.3 Å². The number of benzene rings is 1. The lowest BCUT2D eigenvalue weighted by Crippen LogP contribution is -2.13. The number of furan rings is 1. The molecule has 1 N–H and O–H groups in total. The van der Waals surface area contributed by atoms with E-state index in [2.05, 4.69) is 28.2 Å². The number of nitrogens with one attached hydrogen (secondary N) is 1. The minimum atomic E-state index is -0.464. The summed E-state index contributed by atoms with van der Waals surface area (Å²) in [5.41, 5.74) is 1.82. The van der Waals surface area contributed by atoms with E-state index >= 15 is 0 Å². The van der Waals surface area contributed by atoms with Crippen molar-refractivity contribution in [3.63, 3.8) is 0 Å². The zero-order chi connectivity index (χ0) is 15.2. The van der Waals surface area contributed by atoms with Gasteiger partial charge < -0.3 is 9.73 Å². The summed E-state index contributed by atoms with van der Waals surface area (Å²) in [5.74, 6) is -0.0239. The molecule has 0 unspecified atom stereocenters. The van der Waals surface area contributed by atoms with E-state index in [1.54, 1.807) is 6.07 Å². The number of anilines is 1. The largest absolute Gasteiger partial charge is 0.464 e. The molecular formula is C16H13BrN2O2. The van der Waals surface area contributed by atoms with E-state index in [4.69, 9.17) is 9.68 Å². The highest BCUT2D eigenvalue weighted by Crippen LogP contribution is 2.17. The van der Waals surface area contributed by atoms with Gasteiger partial charge in [0, 0.05) is 11.8 Å². The SMILES string of the molecule is CCc1ccc(NC(=O)/C(C#N)=C/c2cc(Br)co2)cc1.